The van der Waals surface area contributed by atoms with E-state index in [2.05, 4.69) is 54.6 Å². The Bertz CT molecular complexity index is 453. The first kappa shape index (κ1) is 22.2. The van der Waals surface area contributed by atoms with Gasteiger partial charge in [-0.25, -0.2) is 0 Å². The summed E-state index contributed by atoms with van der Waals surface area (Å²) in [6, 6.07) is 4.62. The smallest absolute Gasteiger partial charge is 0.123 e. The number of hydrogen-bond donors (Lipinski definition) is 0. The molecule has 1 aromatic rings. The zero-order chi connectivity index (χ0) is 16.0. The molecule has 0 saturated carbocycles. The van der Waals surface area contributed by atoms with E-state index in [0.29, 0.717) is 18.6 Å². The second-order valence-corrected chi connectivity index (χ2v) is 7.16. The molecule has 0 amide bonds. The molecule has 0 saturated heterocycles. The molecule has 0 N–H and O–H groups in total. The first-order valence-electron chi connectivity index (χ1n) is 7.59. The lowest BCUT2D eigenvalue weighted by atomic mass is 10.0. The zero-order valence-corrected chi connectivity index (χ0v) is 18.2. The highest BCUT2D eigenvalue weighted by Gasteiger charge is 2.13. The van der Waals surface area contributed by atoms with Crippen LogP contribution in [0.15, 0.2) is 12.1 Å². The zero-order valence-electron chi connectivity index (χ0n) is 14.2. The van der Waals surface area contributed by atoms with E-state index in [1.165, 1.54) is 5.56 Å². The molecule has 0 aliphatic carbocycles. The van der Waals surface area contributed by atoms with Crippen molar-refractivity contribution in [3.63, 3.8) is 0 Å². The van der Waals surface area contributed by atoms with Crippen molar-refractivity contribution < 1.29 is 4.74 Å². The molecule has 1 aromatic carbocycles. The summed E-state index contributed by atoms with van der Waals surface area (Å²) in [7, 11) is 0. The summed E-state index contributed by atoms with van der Waals surface area (Å²) in [5, 5.41) is 1.80. The molecular weight excluding hydrogens is 429 g/mol. The molecule has 0 aliphatic heterocycles. The van der Waals surface area contributed by atoms with Gasteiger partial charge in [-0.1, -0.05) is 41.4 Å². The molecule has 2 nitrogen and oxygen atoms in total. The fourth-order valence-electron chi connectivity index (χ4n) is 2.26. The molecule has 0 heterocycles. The van der Waals surface area contributed by atoms with Gasteiger partial charge in [-0.2, -0.15) is 0 Å². The van der Waals surface area contributed by atoms with Crippen molar-refractivity contribution in [2.24, 2.45) is 0 Å². The van der Waals surface area contributed by atoms with Crippen molar-refractivity contribution in [2.75, 3.05) is 25.0 Å². The van der Waals surface area contributed by atoms with Crippen LogP contribution in [0, 0.1) is 6.92 Å². The third-order valence-electron chi connectivity index (χ3n) is 3.65. The minimum absolute atomic E-state index is 0. The second-order valence-electron chi connectivity index (χ2n) is 5.96. The van der Waals surface area contributed by atoms with Crippen LogP contribution in [0.2, 0.25) is 5.02 Å². The van der Waals surface area contributed by atoms with Gasteiger partial charge in [0.15, 0.2) is 0 Å². The third-order valence-corrected chi connectivity index (χ3v) is 4.41. The first-order valence-corrected chi connectivity index (χ1v) is 9.09. The van der Waals surface area contributed by atoms with Crippen LogP contribution in [-0.2, 0) is 0 Å². The highest BCUT2D eigenvalue weighted by molar-refractivity contribution is 9.09. The maximum absolute atomic E-state index is 6.23. The number of ether oxygens (including phenoxy) is 1. The van der Waals surface area contributed by atoms with E-state index in [1.807, 2.05) is 13.0 Å². The minimum atomic E-state index is 0. The van der Waals surface area contributed by atoms with Gasteiger partial charge in [-0.05, 0) is 49.9 Å². The minimum Gasteiger partial charge on any atom is -0.492 e. The fourth-order valence-corrected chi connectivity index (χ4v) is 2.88. The van der Waals surface area contributed by atoms with Gasteiger partial charge in [0.2, 0.25) is 0 Å². The predicted octanol–water partition coefficient (Wildman–Crippen LogP) is 5.83. The van der Waals surface area contributed by atoms with Crippen LogP contribution < -0.4 is 4.74 Å². The summed E-state index contributed by atoms with van der Waals surface area (Å²) in [4.78, 5) is 2.41. The molecule has 22 heavy (non-hydrogen) atoms. The number of hydrogen-bond acceptors (Lipinski definition) is 2. The fraction of sp³-hybridized carbons (Fsp3) is 0.647. The van der Waals surface area contributed by atoms with Crippen molar-refractivity contribution in [2.45, 2.75) is 46.6 Å². The summed E-state index contributed by atoms with van der Waals surface area (Å²) in [6.07, 6.45) is 0. The van der Waals surface area contributed by atoms with E-state index >= 15 is 0 Å². The van der Waals surface area contributed by atoms with Crippen LogP contribution in [0.1, 0.15) is 44.7 Å². The number of rotatable bonds is 8. The summed E-state index contributed by atoms with van der Waals surface area (Å²) < 4.78 is 6.05. The van der Waals surface area contributed by atoms with Gasteiger partial charge in [0, 0.05) is 29.5 Å². The van der Waals surface area contributed by atoms with E-state index in [9.17, 15) is 0 Å². The maximum atomic E-state index is 6.23. The standard InChI is InChI=1S/C17H27BrClNO.BrH/c1-12(2)15-11-16(19)14(5)10-17(15)21-9-8-20(7-6-18)13(3)4;/h10-13H,6-9H2,1-5H3;1H. The summed E-state index contributed by atoms with van der Waals surface area (Å²) >= 11 is 9.73. The molecule has 0 aromatic heterocycles. The summed E-state index contributed by atoms with van der Waals surface area (Å²) in [5.74, 6) is 1.37. The average Bonchev–Trinajstić information content (AvgIpc) is 2.40. The molecule has 0 bridgehead atoms. The lowest BCUT2D eigenvalue weighted by Crippen LogP contribution is -2.36. The van der Waals surface area contributed by atoms with Gasteiger partial charge in [-0.15, -0.1) is 17.0 Å². The molecule has 1 rings (SSSR count). The number of alkyl halides is 1. The summed E-state index contributed by atoms with van der Waals surface area (Å²) in [5.41, 5.74) is 2.25. The van der Waals surface area contributed by atoms with Gasteiger partial charge < -0.3 is 4.74 Å². The number of aryl methyl sites for hydroxylation is 1. The quantitative estimate of drug-likeness (QED) is 0.455. The SMILES string of the molecule is Br.Cc1cc(OCCN(CCBr)C(C)C)c(C(C)C)cc1Cl. The monoisotopic (exact) mass is 455 g/mol. The molecule has 128 valence electrons. The van der Waals surface area contributed by atoms with E-state index in [0.717, 1.165) is 34.8 Å². The molecule has 0 radical (unpaired) electrons. The van der Waals surface area contributed by atoms with Gasteiger partial charge in [0.1, 0.15) is 12.4 Å². The predicted molar refractivity (Wildman–Crippen MR) is 107 cm³/mol. The lowest BCUT2D eigenvalue weighted by Gasteiger charge is -2.26. The van der Waals surface area contributed by atoms with Gasteiger partial charge in [0.25, 0.3) is 0 Å². The molecule has 0 unspecified atom stereocenters. The molecule has 0 fully saturated rings. The molecular formula is C17H28Br2ClNO. The van der Waals surface area contributed by atoms with Crippen LogP contribution in [0.4, 0.5) is 0 Å². The van der Waals surface area contributed by atoms with E-state index < -0.39 is 0 Å². The van der Waals surface area contributed by atoms with E-state index in [-0.39, 0.29) is 17.0 Å². The van der Waals surface area contributed by atoms with E-state index in [4.69, 9.17) is 16.3 Å². The van der Waals surface area contributed by atoms with Crippen LogP contribution >= 0.6 is 44.5 Å². The highest BCUT2D eigenvalue weighted by atomic mass is 79.9. The Hall–Kier alpha value is 0.230. The van der Waals surface area contributed by atoms with Crippen LogP contribution in [0.3, 0.4) is 0 Å². The average molecular weight is 458 g/mol. The number of nitrogens with zero attached hydrogens (tertiary/aromatic N) is 1. The Balaban J connectivity index is 0.00000441. The van der Waals surface area contributed by atoms with Crippen molar-refractivity contribution in [3.8, 4) is 5.75 Å². The highest BCUT2D eigenvalue weighted by Crippen LogP contribution is 2.31. The Kier molecular flexibility index (Phi) is 11.0. The topological polar surface area (TPSA) is 12.5 Å². The molecule has 0 atom stereocenters. The number of halogens is 3. The van der Waals surface area contributed by atoms with Crippen LogP contribution in [0.5, 0.6) is 5.75 Å². The van der Waals surface area contributed by atoms with Crippen molar-refractivity contribution >= 4 is 44.5 Å². The van der Waals surface area contributed by atoms with Crippen molar-refractivity contribution in [3.05, 3.63) is 28.3 Å². The molecule has 5 heteroatoms. The Morgan fingerprint density at radius 1 is 1.18 bits per heavy atom. The van der Waals surface area contributed by atoms with E-state index in [1.54, 1.807) is 0 Å². The molecule has 0 spiro atoms. The first-order chi connectivity index (χ1) is 9.86. The van der Waals surface area contributed by atoms with Gasteiger partial charge >= 0.3 is 0 Å². The van der Waals surface area contributed by atoms with Crippen molar-refractivity contribution in [1.82, 2.24) is 4.90 Å². The third kappa shape index (κ3) is 6.77. The van der Waals surface area contributed by atoms with Crippen LogP contribution in [0.25, 0.3) is 0 Å². The van der Waals surface area contributed by atoms with Crippen molar-refractivity contribution in [1.29, 1.82) is 0 Å². The Labute approximate surface area is 159 Å². The summed E-state index contributed by atoms with van der Waals surface area (Å²) in [6.45, 7) is 13.5. The van der Waals surface area contributed by atoms with Gasteiger partial charge in [0.05, 0.1) is 0 Å². The Morgan fingerprint density at radius 3 is 2.32 bits per heavy atom. The van der Waals surface area contributed by atoms with Gasteiger partial charge in [-0.3, -0.25) is 4.90 Å². The number of benzene rings is 1. The normalized spacial score (nSPS) is 11.2. The molecule has 0 aliphatic rings. The second kappa shape index (κ2) is 10.9. The maximum Gasteiger partial charge on any atom is 0.123 e. The lowest BCUT2D eigenvalue weighted by molar-refractivity contribution is 0.184. The largest absolute Gasteiger partial charge is 0.492 e. The van der Waals surface area contributed by atoms with Crippen LogP contribution in [-0.4, -0.2) is 36.0 Å². The Morgan fingerprint density at radius 2 is 1.82 bits per heavy atom.